The summed E-state index contributed by atoms with van der Waals surface area (Å²) in [4.78, 5) is 0. The van der Waals surface area contributed by atoms with Crippen LogP contribution in [0.2, 0.25) is 0 Å². The van der Waals surface area contributed by atoms with Crippen LogP contribution in [0.1, 0.15) is 37.1 Å². The fourth-order valence-electron chi connectivity index (χ4n) is 2.83. The number of rotatable bonds is 11. The number of nitrogens with one attached hydrogen (secondary N) is 1. The van der Waals surface area contributed by atoms with Gasteiger partial charge in [-0.05, 0) is 37.9 Å². The molecule has 2 aromatic rings. The molecule has 5 heteroatoms. The standard InChI is InChI=1S/C20H28NO3P/c1-3-23-25(22,24-4-2)20(19-13-9-6-10-14-19)15-16-21-17-18-11-7-5-8-12-18/h5-14,20-21H,3-4,15-17H2,1-2H3. The van der Waals surface area contributed by atoms with Crippen molar-refractivity contribution in [1.29, 1.82) is 0 Å². The zero-order valence-corrected chi connectivity index (χ0v) is 16.0. The van der Waals surface area contributed by atoms with Crippen molar-refractivity contribution >= 4 is 7.60 Å². The van der Waals surface area contributed by atoms with Crippen molar-refractivity contribution in [3.05, 3.63) is 71.8 Å². The van der Waals surface area contributed by atoms with Gasteiger partial charge in [0.05, 0.1) is 18.9 Å². The first kappa shape index (κ1) is 19.9. The molecule has 2 aromatic carbocycles. The van der Waals surface area contributed by atoms with E-state index in [1.165, 1.54) is 5.56 Å². The molecular weight excluding hydrogens is 333 g/mol. The van der Waals surface area contributed by atoms with Crippen molar-refractivity contribution in [1.82, 2.24) is 5.32 Å². The Hall–Kier alpha value is -1.45. The van der Waals surface area contributed by atoms with Crippen molar-refractivity contribution in [3.8, 4) is 0 Å². The van der Waals surface area contributed by atoms with Crippen LogP contribution in [0.25, 0.3) is 0 Å². The minimum absolute atomic E-state index is 0.267. The highest BCUT2D eigenvalue weighted by Gasteiger charge is 2.36. The zero-order valence-electron chi connectivity index (χ0n) is 15.1. The molecular formula is C20H28NO3P. The van der Waals surface area contributed by atoms with Crippen LogP contribution in [-0.4, -0.2) is 19.8 Å². The van der Waals surface area contributed by atoms with Gasteiger partial charge in [-0.2, -0.15) is 0 Å². The van der Waals surface area contributed by atoms with Gasteiger partial charge < -0.3 is 14.4 Å². The molecule has 0 bridgehead atoms. The van der Waals surface area contributed by atoms with Crippen LogP contribution in [-0.2, 0) is 20.2 Å². The van der Waals surface area contributed by atoms with Crippen LogP contribution in [0.4, 0.5) is 0 Å². The summed E-state index contributed by atoms with van der Waals surface area (Å²) in [6.45, 7) is 5.97. The van der Waals surface area contributed by atoms with E-state index in [1.54, 1.807) is 0 Å². The molecule has 0 spiro atoms. The summed E-state index contributed by atoms with van der Waals surface area (Å²) in [5.74, 6) is 0. The quantitative estimate of drug-likeness (QED) is 0.443. The zero-order chi connectivity index (χ0) is 18.0. The van der Waals surface area contributed by atoms with Crippen LogP contribution < -0.4 is 5.32 Å². The Labute approximate surface area is 151 Å². The highest BCUT2D eigenvalue weighted by atomic mass is 31.2. The van der Waals surface area contributed by atoms with Gasteiger partial charge in [0.1, 0.15) is 0 Å². The highest BCUT2D eigenvalue weighted by molar-refractivity contribution is 7.54. The fraction of sp³-hybridized carbons (Fsp3) is 0.400. The summed E-state index contributed by atoms with van der Waals surface area (Å²) < 4.78 is 24.5. The molecule has 1 unspecified atom stereocenters. The summed E-state index contributed by atoms with van der Waals surface area (Å²) in [6, 6.07) is 20.1. The summed E-state index contributed by atoms with van der Waals surface area (Å²) in [5.41, 5.74) is 1.96. The lowest BCUT2D eigenvalue weighted by atomic mass is 10.1. The minimum Gasteiger partial charge on any atom is -0.313 e. The van der Waals surface area contributed by atoms with Gasteiger partial charge in [-0.25, -0.2) is 0 Å². The van der Waals surface area contributed by atoms with Crippen molar-refractivity contribution < 1.29 is 13.6 Å². The second kappa shape index (κ2) is 10.5. The minimum atomic E-state index is -3.20. The molecule has 1 atom stereocenters. The van der Waals surface area contributed by atoms with E-state index in [-0.39, 0.29) is 5.66 Å². The number of hydrogen-bond donors (Lipinski definition) is 1. The Morgan fingerprint density at radius 2 is 1.48 bits per heavy atom. The largest absolute Gasteiger partial charge is 0.338 e. The summed E-state index contributed by atoms with van der Waals surface area (Å²) in [6.07, 6.45) is 0.689. The lowest BCUT2D eigenvalue weighted by molar-refractivity contribution is 0.210. The van der Waals surface area contributed by atoms with Gasteiger partial charge >= 0.3 is 7.60 Å². The van der Waals surface area contributed by atoms with E-state index in [2.05, 4.69) is 17.4 Å². The first-order chi connectivity index (χ1) is 12.2. The summed E-state index contributed by atoms with van der Waals surface area (Å²) in [7, 11) is -3.20. The van der Waals surface area contributed by atoms with Crippen molar-refractivity contribution in [2.75, 3.05) is 19.8 Å². The maximum Gasteiger partial charge on any atom is 0.338 e. The van der Waals surface area contributed by atoms with E-state index in [4.69, 9.17) is 9.05 Å². The fourth-order valence-corrected chi connectivity index (χ4v) is 4.96. The van der Waals surface area contributed by atoms with Crippen LogP contribution in [0.5, 0.6) is 0 Å². The predicted octanol–water partition coefficient (Wildman–Crippen LogP) is 5.17. The van der Waals surface area contributed by atoms with Crippen LogP contribution in [0.3, 0.4) is 0 Å². The molecule has 0 radical (unpaired) electrons. The van der Waals surface area contributed by atoms with E-state index in [9.17, 15) is 4.57 Å². The van der Waals surface area contributed by atoms with Crippen LogP contribution in [0, 0.1) is 0 Å². The van der Waals surface area contributed by atoms with Crippen molar-refractivity contribution in [3.63, 3.8) is 0 Å². The van der Waals surface area contributed by atoms with E-state index in [0.29, 0.717) is 19.6 Å². The smallest absolute Gasteiger partial charge is 0.313 e. The molecule has 0 aromatic heterocycles. The van der Waals surface area contributed by atoms with E-state index < -0.39 is 7.60 Å². The van der Waals surface area contributed by atoms with Gasteiger partial charge in [-0.15, -0.1) is 0 Å². The lowest BCUT2D eigenvalue weighted by Gasteiger charge is -2.27. The molecule has 0 saturated heterocycles. The third kappa shape index (κ3) is 6.09. The molecule has 0 heterocycles. The summed E-state index contributed by atoms with van der Waals surface area (Å²) in [5, 5.41) is 3.43. The predicted molar refractivity (Wildman–Crippen MR) is 103 cm³/mol. The molecule has 25 heavy (non-hydrogen) atoms. The SMILES string of the molecule is CCOP(=O)(OCC)C(CCNCc1ccccc1)c1ccccc1. The topological polar surface area (TPSA) is 47.6 Å². The van der Waals surface area contributed by atoms with Gasteiger partial charge in [-0.3, -0.25) is 4.57 Å². The van der Waals surface area contributed by atoms with Gasteiger partial charge in [0.15, 0.2) is 0 Å². The van der Waals surface area contributed by atoms with Crippen LogP contribution in [0.15, 0.2) is 60.7 Å². The van der Waals surface area contributed by atoms with E-state index >= 15 is 0 Å². The molecule has 0 amide bonds. The second-order valence-electron chi connectivity index (χ2n) is 5.75. The van der Waals surface area contributed by atoms with Gasteiger partial charge in [-0.1, -0.05) is 60.7 Å². The molecule has 2 rings (SSSR count). The Bertz CT molecular complexity index is 639. The lowest BCUT2D eigenvalue weighted by Crippen LogP contribution is -2.18. The Kier molecular flexibility index (Phi) is 8.36. The third-order valence-corrected chi connectivity index (χ3v) is 6.51. The van der Waals surface area contributed by atoms with Gasteiger partial charge in [0.2, 0.25) is 0 Å². The molecule has 0 fully saturated rings. The van der Waals surface area contributed by atoms with Gasteiger partial charge in [0, 0.05) is 6.54 Å². The molecule has 0 aliphatic carbocycles. The van der Waals surface area contributed by atoms with Crippen molar-refractivity contribution in [2.24, 2.45) is 0 Å². The molecule has 136 valence electrons. The van der Waals surface area contributed by atoms with E-state index in [0.717, 1.165) is 18.7 Å². The summed E-state index contributed by atoms with van der Waals surface area (Å²) >= 11 is 0. The Morgan fingerprint density at radius 3 is 2.04 bits per heavy atom. The van der Waals surface area contributed by atoms with E-state index in [1.807, 2.05) is 62.4 Å². The number of benzene rings is 2. The first-order valence-corrected chi connectivity index (χ1v) is 10.5. The second-order valence-corrected chi connectivity index (χ2v) is 7.97. The molecule has 0 aliphatic rings. The molecule has 1 N–H and O–H groups in total. The number of hydrogen-bond acceptors (Lipinski definition) is 4. The average molecular weight is 361 g/mol. The third-order valence-electron chi connectivity index (χ3n) is 3.95. The molecule has 0 aliphatic heterocycles. The molecule has 4 nitrogen and oxygen atoms in total. The molecule has 0 saturated carbocycles. The monoisotopic (exact) mass is 361 g/mol. The Balaban J connectivity index is 2.05. The highest BCUT2D eigenvalue weighted by Crippen LogP contribution is 2.62. The average Bonchev–Trinajstić information content (AvgIpc) is 2.63. The normalized spacial score (nSPS) is 12.9. The first-order valence-electron chi connectivity index (χ1n) is 8.88. The van der Waals surface area contributed by atoms with Crippen LogP contribution >= 0.6 is 7.60 Å². The maximum absolute atomic E-state index is 13.3. The maximum atomic E-state index is 13.3. The Morgan fingerprint density at radius 1 is 0.920 bits per heavy atom. The van der Waals surface area contributed by atoms with Gasteiger partial charge in [0.25, 0.3) is 0 Å². The van der Waals surface area contributed by atoms with Crippen molar-refractivity contribution in [2.45, 2.75) is 32.5 Å².